The minimum atomic E-state index is -0.355. The standard InChI is InChI=1S/C10H13N3O2/c1-7(2)9(14)12-13-10(15)8-3-5-11-6-4-8/h3-7H,1-2H3,(H,12,14)(H,13,15). The minimum Gasteiger partial charge on any atom is -0.273 e. The molecule has 2 amide bonds. The van der Waals surface area contributed by atoms with Gasteiger partial charge in [-0.05, 0) is 12.1 Å². The summed E-state index contributed by atoms with van der Waals surface area (Å²) in [6, 6.07) is 3.13. The van der Waals surface area contributed by atoms with E-state index in [4.69, 9.17) is 0 Å². The van der Waals surface area contributed by atoms with Crippen LogP contribution in [0.4, 0.5) is 0 Å². The Hall–Kier alpha value is -1.91. The fourth-order valence-electron chi connectivity index (χ4n) is 0.838. The normalized spacial score (nSPS) is 9.80. The third kappa shape index (κ3) is 3.38. The number of rotatable bonds is 2. The highest BCUT2D eigenvalue weighted by molar-refractivity contribution is 5.95. The molecule has 0 spiro atoms. The maximum Gasteiger partial charge on any atom is 0.269 e. The SMILES string of the molecule is CC(C)C(=O)NNC(=O)c1ccncc1. The van der Waals surface area contributed by atoms with Crippen LogP contribution >= 0.6 is 0 Å². The molecule has 0 saturated carbocycles. The number of hydrogen-bond donors (Lipinski definition) is 2. The first-order chi connectivity index (χ1) is 7.11. The van der Waals surface area contributed by atoms with Crippen LogP contribution in [-0.4, -0.2) is 16.8 Å². The van der Waals surface area contributed by atoms with E-state index in [-0.39, 0.29) is 17.7 Å². The maximum atomic E-state index is 11.4. The van der Waals surface area contributed by atoms with E-state index in [2.05, 4.69) is 15.8 Å². The smallest absolute Gasteiger partial charge is 0.269 e. The van der Waals surface area contributed by atoms with Gasteiger partial charge in [0.25, 0.3) is 5.91 Å². The van der Waals surface area contributed by atoms with Gasteiger partial charge in [-0.3, -0.25) is 25.4 Å². The first-order valence-corrected chi connectivity index (χ1v) is 4.61. The van der Waals surface area contributed by atoms with Crippen molar-refractivity contribution in [3.05, 3.63) is 30.1 Å². The number of pyridine rings is 1. The Labute approximate surface area is 87.9 Å². The zero-order valence-corrected chi connectivity index (χ0v) is 8.65. The Morgan fingerprint density at radius 2 is 1.80 bits per heavy atom. The quantitative estimate of drug-likeness (QED) is 0.694. The Bertz CT molecular complexity index is 349. The molecule has 1 rings (SSSR count). The zero-order chi connectivity index (χ0) is 11.3. The van der Waals surface area contributed by atoms with Crippen molar-refractivity contribution in [1.82, 2.24) is 15.8 Å². The minimum absolute atomic E-state index is 0.164. The Morgan fingerprint density at radius 1 is 1.20 bits per heavy atom. The summed E-state index contributed by atoms with van der Waals surface area (Å²) < 4.78 is 0. The van der Waals surface area contributed by atoms with Gasteiger partial charge in [-0.15, -0.1) is 0 Å². The van der Waals surface area contributed by atoms with Gasteiger partial charge in [0.05, 0.1) is 0 Å². The molecule has 0 aromatic carbocycles. The summed E-state index contributed by atoms with van der Waals surface area (Å²) in [5.74, 6) is -0.744. The lowest BCUT2D eigenvalue weighted by Crippen LogP contribution is -2.43. The highest BCUT2D eigenvalue weighted by atomic mass is 16.2. The average Bonchev–Trinajstić information content (AvgIpc) is 2.26. The van der Waals surface area contributed by atoms with E-state index in [0.29, 0.717) is 5.56 Å². The lowest BCUT2D eigenvalue weighted by Gasteiger charge is -2.08. The van der Waals surface area contributed by atoms with E-state index >= 15 is 0 Å². The van der Waals surface area contributed by atoms with Gasteiger partial charge in [0, 0.05) is 23.9 Å². The Balaban J connectivity index is 2.48. The van der Waals surface area contributed by atoms with Crippen LogP contribution < -0.4 is 10.9 Å². The van der Waals surface area contributed by atoms with Crippen molar-refractivity contribution in [1.29, 1.82) is 0 Å². The molecule has 1 aromatic heterocycles. The Kier molecular flexibility index (Phi) is 3.79. The van der Waals surface area contributed by atoms with E-state index in [1.54, 1.807) is 26.0 Å². The topological polar surface area (TPSA) is 71.1 Å². The predicted octanol–water partition coefficient (Wildman–Crippen LogP) is 0.499. The molecular weight excluding hydrogens is 194 g/mol. The molecule has 0 atom stereocenters. The first-order valence-electron chi connectivity index (χ1n) is 4.61. The number of hydrazine groups is 1. The monoisotopic (exact) mass is 207 g/mol. The molecule has 0 unspecified atom stereocenters. The second-order valence-corrected chi connectivity index (χ2v) is 3.33. The second kappa shape index (κ2) is 5.09. The third-order valence-corrected chi connectivity index (χ3v) is 1.77. The molecule has 0 aliphatic carbocycles. The molecule has 0 aliphatic heterocycles. The summed E-state index contributed by atoms with van der Waals surface area (Å²) >= 11 is 0. The van der Waals surface area contributed by atoms with E-state index in [1.807, 2.05) is 0 Å². The van der Waals surface area contributed by atoms with Crippen molar-refractivity contribution in [3.8, 4) is 0 Å². The molecule has 80 valence electrons. The van der Waals surface area contributed by atoms with Crippen LogP contribution in [0.25, 0.3) is 0 Å². The number of carbonyl (C=O) groups is 2. The highest BCUT2D eigenvalue weighted by Crippen LogP contribution is 1.95. The molecule has 0 aliphatic rings. The summed E-state index contributed by atoms with van der Waals surface area (Å²) in [6.45, 7) is 3.49. The van der Waals surface area contributed by atoms with Gasteiger partial charge < -0.3 is 0 Å². The molecule has 5 nitrogen and oxygen atoms in total. The summed E-state index contributed by atoms with van der Waals surface area (Å²) in [7, 11) is 0. The van der Waals surface area contributed by atoms with Crippen LogP contribution in [0.15, 0.2) is 24.5 Å². The molecule has 0 radical (unpaired) electrons. The molecule has 15 heavy (non-hydrogen) atoms. The average molecular weight is 207 g/mol. The Morgan fingerprint density at radius 3 is 2.33 bits per heavy atom. The fourth-order valence-corrected chi connectivity index (χ4v) is 0.838. The van der Waals surface area contributed by atoms with Crippen LogP contribution in [0, 0.1) is 5.92 Å². The van der Waals surface area contributed by atoms with Crippen molar-refractivity contribution in [3.63, 3.8) is 0 Å². The maximum absolute atomic E-state index is 11.4. The van der Waals surface area contributed by atoms with E-state index < -0.39 is 0 Å². The molecule has 5 heteroatoms. The molecule has 1 heterocycles. The van der Waals surface area contributed by atoms with Crippen LogP contribution in [0.3, 0.4) is 0 Å². The number of carbonyl (C=O) groups excluding carboxylic acids is 2. The number of amides is 2. The van der Waals surface area contributed by atoms with Gasteiger partial charge in [0.15, 0.2) is 0 Å². The number of hydrogen-bond acceptors (Lipinski definition) is 3. The van der Waals surface area contributed by atoms with Crippen molar-refractivity contribution < 1.29 is 9.59 Å². The highest BCUT2D eigenvalue weighted by Gasteiger charge is 2.08. The molecule has 2 N–H and O–H groups in total. The zero-order valence-electron chi connectivity index (χ0n) is 8.65. The van der Waals surface area contributed by atoms with Crippen LogP contribution in [-0.2, 0) is 4.79 Å². The van der Waals surface area contributed by atoms with Crippen molar-refractivity contribution in [2.24, 2.45) is 5.92 Å². The van der Waals surface area contributed by atoms with Gasteiger partial charge in [-0.25, -0.2) is 0 Å². The fraction of sp³-hybridized carbons (Fsp3) is 0.300. The van der Waals surface area contributed by atoms with E-state index in [9.17, 15) is 9.59 Å². The van der Waals surface area contributed by atoms with E-state index in [1.165, 1.54) is 12.4 Å². The van der Waals surface area contributed by atoms with Gasteiger partial charge >= 0.3 is 0 Å². The van der Waals surface area contributed by atoms with Crippen LogP contribution in [0.5, 0.6) is 0 Å². The van der Waals surface area contributed by atoms with Gasteiger partial charge in [-0.1, -0.05) is 13.8 Å². The van der Waals surface area contributed by atoms with Crippen LogP contribution in [0.2, 0.25) is 0 Å². The summed E-state index contributed by atoms with van der Waals surface area (Å²) in [5, 5.41) is 0. The molecule has 1 aromatic rings. The molecule has 0 bridgehead atoms. The first kappa shape index (κ1) is 11.2. The molecule has 0 fully saturated rings. The van der Waals surface area contributed by atoms with Gasteiger partial charge in [0.2, 0.25) is 5.91 Å². The lowest BCUT2D eigenvalue weighted by atomic mass is 10.2. The number of aromatic nitrogens is 1. The van der Waals surface area contributed by atoms with Crippen molar-refractivity contribution >= 4 is 11.8 Å². The van der Waals surface area contributed by atoms with Gasteiger partial charge in [0.1, 0.15) is 0 Å². The lowest BCUT2D eigenvalue weighted by molar-refractivity contribution is -0.124. The van der Waals surface area contributed by atoms with Crippen molar-refractivity contribution in [2.45, 2.75) is 13.8 Å². The van der Waals surface area contributed by atoms with Crippen LogP contribution in [0.1, 0.15) is 24.2 Å². The summed E-state index contributed by atoms with van der Waals surface area (Å²) in [6.07, 6.45) is 3.03. The molecule has 0 saturated heterocycles. The largest absolute Gasteiger partial charge is 0.273 e. The van der Waals surface area contributed by atoms with Crippen molar-refractivity contribution in [2.75, 3.05) is 0 Å². The van der Waals surface area contributed by atoms with E-state index in [0.717, 1.165) is 0 Å². The van der Waals surface area contributed by atoms with Gasteiger partial charge in [-0.2, -0.15) is 0 Å². The predicted molar refractivity (Wildman–Crippen MR) is 54.7 cm³/mol. The third-order valence-electron chi connectivity index (χ3n) is 1.77. The summed E-state index contributed by atoms with van der Waals surface area (Å²) in [5.41, 5.74) is 5.09. The molecular formula is C10H13N3O2. The number of nitrogens with one attached hydrogen (secondary N) is 2. The second-order valence-electron chi connectivity index (χ2n) is 3.33. The summed E-state index contributed by atoms with van der Waals surface area (Å²) in [4.78, 5) is 26.3. The number of nitrogens with zero attached hydrogens (tertiary/aromatic N) is 1.